The van der Waals surface area contributed by atoms with Crippen molar-refractivity contribution < 1.29 is 4.52 Å². The second kappa shape index (κ2) is 5.50. The van der Waals surface area contributed by atoms with Crippen molar-refractivity contribution in [2.75, 3.05) is 0 Å². The summed E-state index contributed by atoms with van der Waals surface area (Å²) < 4.78 is 6.20. The lowest BCUT2D eigenvalue weighted by atomic mass is 10.2. The van der Waals surface area contributed by atoms with Gasteiger partial charge >= 0.3 is 0 Å². The first-order chi connectivity index (χ1) is 9.33. The molecule has 0 aliphatic heterocycles. The first-order valence-corrected chi connectivity index (χ1v) is 7.40. The number of thioether (sulfide) groups is 1. The van der Waals surface area contributed by atoms with Crippen LogP contribution in [0.1, 0.15) is 18.1 Å². The molecule has 1 unspecified atom stereocenters. The van der Waals surface area contributed by atoms with Crippen LogP contribution in [0.15, 0.2) is 44.7 Å². The molecule has 0 amide bonds. The van der Waals surface area contributed by atoms with Gasteiger partial charge in [0.05, 0.1) is 5.25 Å². The van der Waals surface area contributed by atoms with E-state index < -0.39 is 0 Å². The SMILES string of the molecule is CC(Sc1nncs1)c1nc(-c2ccccc2)no1. The highest BCUT2D eigenvalue weighted by atomic mass is 32.2. The molecule has 19 heavy (non-hydrogen) atoms. The molecule has 0 saturated heterocycles. The van der Waals surface area contributed by atoms with Crippen LogP contribution in [0.5, 0.6) is 0 Å². The van der Waals surface area contributed by atoms with Gasteiger partial charge in [0.15, 0.2) is 4.34 Å². The highest BCUT2D eigenvalue weighted by molar-refractivity contribution is 8.01. The van der Waals surface area contributed by atoms with Gasteiger partial charge in [0.2, 0.25) is 11.7 Å². The predicted octanol–water partition coefficient (Wildman–Crippen LogP) is 3.44. The van der Waals surface area contributed by atoms with Gasteiger partial charge in [0.1, 0.15) is 5.51 Å². The molecule has 1 atom stereocenters. The number of benzene rings is 1. The molecule has 0 aliphatic rings. The fourth-order valence-electron chi connectivity index (χ4n) is 1.52. The molecule has 7 heteroatoms. The minimum Gasteiger partial charge on any atom is -0.338 e. The maximum absolute atomic E-state index is 5.30. The third-order valence-corrected chi connectivity index (χ3v) is 4.34. The van der Waals surface area contributed by atoms with E-state index in [1.807, 2.05) is 37.3 Å². The van der Waals surface area contributed by atoms with E-state index in [9.17, 15) is 0 Å². The molecule has 2 heterocycles. The van der Waals surface area contributed by atoms with Gasteiger partial charge in [-0.05, 0) is 6.92 Å². The largest absolute Gasteiger partial charge is 0.338 e. The summed E-state index contributed by atoms with van der Waals surface area (Å²) in [7, 11) is 0. The lowest BCUT2D eigenvalue weighted by Crippen LogP contribution is -1.88. The van der Waals surface area contributed by atoms with Crippen LogP contribution in [0.25, 0.3) is 11.4 Å². The normalized spacial score (nSPS) is 12.5. The Morgan fingerprint density at radius 1 is 1.26 bits per heavy atom. The van der Waals surface area contributed by atoms with Gasteiger partial charge in [0, 0.05) is 5.56 Å². The van der Waals surface area contributed by atoms with Crippen molar-refractivity contribution in [1.29, 1.82) is 0 Å². The average Bonchev–Trinajstić information content (AvgIpc) is 3.10. The second-order valence-electron chi connectivity index (χ2n) is 3.79. The molecule has 0 bridgehead atoms. The summed E-state index contributed by atoms with van der Waals surface area (Å²) in [6.07, 6.45) is 0. The van der Waals surface area contributed by atoms with E-state index in [4.69, 9.17) is 4.52 Å². The zero-order valence-electron chi connectivity index (χ0n) is 10.1. The Morgan fingerprint density at radius 2 is 2.11 bits per heavy atom. The Balaban J connectivity index is 1.78. The molecule has 0 spiro atoms. The summed E-state index contributed by atoms with van der Waals surface area (Å²) in [6.45, 7) is 2.01. The smallest absolute Gasteiger partial charge is 0.240 e. The maximum atomic E-state index is 5.30. The molecule has 0 fully saturated rings. The quantitative estimate of drug-likeness (QED) is 0.686. The van der Waals surface area contributed by atoms with E-state index in [1.54, 1.807) is 17.3 Å². The molecule has 96 valence electrons. The van der Waals surface area contributed by atoms with Crippen molar-refractivity contribution in [3.63, 3.8) is 0 Å². The molecule has 2 aromatic heterocycles. The van der Waals surface area contributed by atoms with E-state index in [0.29, 0.717) is 11.7 Å². The average molecular weight is 290 g/mol. The van der Waals surface area contributed by atoms with Crippen LogP contribution >= 0.6 is 23.1 Å². The summed E-state index contributed by atoms with van der Waals surface area (Å²) in [5.74, 6) is 1.21. The molecule has 3 rings (SSSR count). The Bertz CT molecular complexity index is 639. The number of nitrogens with zero attached hydrogens (tertiary/aromatic N) is 4. The third-order valence-electron chi connectivity index (χ3n) is 2.44. The number of hydrogen-bond acceptors (Lipinski definition) is 7. The zero-order valence-corrected chi connectivity index (χ0v) is 11.7. The van der Waals surface area contributed by atoms with Crippen molar-refractivity contribution in [2.45, 2.75) is 16.5 Å². The zero-order chi connectivity index (χ0) is 13.1. The van der Waals surface area contributed by atoms with E-state index >= 15 is 0 Å². The molecule has 0 N–H and O–H groups in total. The number of hydrogen-bond donors (Lipinski definition) is 0. The Kier molecular flexibility index (Phi) is 3.56. The van der Waals surface area contributed by atoms with Crippen LogP contribution in [-0.2, 0) is 0 Å². The van der Waals surface area contributed by atoms with Gasteiger partial charge in [-0.3, -0.25) is 0 Å². The van der Waals surface area contributed by atoms with E-state index in [0.717, 1.165) is 9.90 Å². The maximum Gasteiger partial charge on any atom is 0.240 e. The molecular formula is C12H10N4OS2. The van der Waals surface area contributed by atoms with E-state index in [2.05, 4.69) is 20.3 Å². The van der Waals surface area contributed by atoms with Gasteiger partial charge in [-0.15, -0.1) is 10.2 Å². The summed E-state index contributed by atoms with van der Waals surface area (Å²) in [5, 5.41) is 11.8. The van der Waals surface area contributed by atoms with Crippen LogP contribution in [0, 0.1) is 0 Å². The molecule has 5 nitrogen and oxygen atoms in total. The fraction of sp³-hybridized carbons (Fsp3) is 0.167. The number of rotatable bonds is 4. The van der Waals surface area contributed by atoms with Crippen molar-refractivity contribution in [1.82, 2.24) is 20.3 Å². The van der Waals surface area contributed by atoms with Gasteiger partial charge in [0.25, 0.3) is 0 Å². The van der Waals surface area contributed by atoms with E-state index in [1.165, 1.54) is 11.3 Å². The Labute approximate surface area is 118 Å². The topological polar surface area (TPSA) is 64.7 Å². The van der Waals surface area contributed by atoms with Crippen LogP contribution < -0.4 is 0 Å². The van der Waals surface area contributed by atoms with Crippen molar-refractivity contribution in [3.8, 4) is 11.4 Å². The van der Waals surface area contributed by atoms with Gasteiger partial charge in [-0.2, -0.15) is 4.98 Å². The summed E-state index contributed by atoms with van der Waals surface area (Å²) >= 11 is 3.06. The molecular weight excluding hydrogens is 280 g/mol. The molecule has 0 saturated carbocycles. The van der Waals surface area contributed by atoms with Crippen LogP contribution in [0.3, 0.4) is 0 Å². The Hall–Kier alpha value is -1.73. The van der Waals surface area contributed by atoms with Gasteiger partial charge in [-0.1, -0.05) is 58.6 Å². The minimum absolute atomic E-state index is 0.0536. The molecule has 0 radical (unpaired) electrons. The highest BCUT2D eigenvalue weighted by Crippen LogP contribution is 2.35. The number of aromatic nitrogens is 4. The Morgan fingerprint density at radius 3 is 2.84 bits per heavy atom. The molecule has 0 aliphatic carbocycles. The van der Waals surface area contributed by atoms with Crippen LogP contribution in [-0.4, -0.2) is 20.3 Å². The van der Waals surface area contributed by atoms with Crippen LogP contribution in [0.2, 0.25) is 0 Å². The standard InChI is InChI=1S/C12H10N4OS2/c1-8(19-12-15-13-7-18-12)11-14-10(16-17-11)9-5-3-2-4-6-9/h2-8H,1H3. The van der Waals surface area contributed by atoms with Gasteiger partial charge in [-0.25, -0.2) is 0 Å². The first-order valence-electron chi connectivity index (χ1n) is 5.65. The predicted molar refractivity (Wildman–Crippen MR) is 73.9 cm³/mol. The molecule has 1 aromatic carbocycles. The summed E-state index contributed by atoms with van der Waals surface area (Å²) in [6, 6.07) is 9.77. The molecule has 3 aromatic rings. The van der Waals surface area contributed by atoms with Crippen molar-refractivity contribution in [3.05, 3.63) is 41.7 Å². The van der Waals surface area contributed by atoms with Crippen LogP contribution in [0.4, 0.5) is 0 Å². The lowest BCUT2D eigenvalue weighted by molar-refractivity contribution is 0.381. The second-order valence-corrected chi connectivity index (χ2v) is 6.21. The summed E-state index contributed by atoms with van der Waals surface area (Å²) in [4.78, 5) is 4.42. The fourth-order valence-corrected chi connectivity index (χ4v) is 3.18. The minimum atomic E-state index is 0.0536. The highest BCUT2D eigenvalue weighted by Gasteiger charge is 2.17. The lowest BCUT2D eigenvalue weighted by Gasteiger charge is -2.01. The monoisotopic (exact) mass is 290 g/mol. The van der Waals surface area contributed by atoms with Gasteiger partial charge < -0.3 is 4.52 Å². The van der Waals surface area contributed by atoms with E-state index in [-0.39, 0.29) is 5.25 Å². The van der Waals surface area contributed by atoms with Crippen molar-refractivity contribution >= 4 is 23.1 Å². The van der Waals surface area contributed by atoms with Crippen molar-refractivity contribution in [2.24, 2.45) is 0 Å². The summed E-state index contributed by atoms with van der Waals surface area (Å²) in [5.41, 5.74) is 2.66. The first kappa shape index (κ1) is 12.3. The third kappa shape index (κ3) is 2.82.